The molecule has 0 heterocycles. The Morgan fingerprint density at radius 1 is 0.818 bits per heavy atom. The van der Waals surface area contributed by atoms with E-state index in [1.54, 1.807) is 0 Å². The smallest absolute Gasteiger partial charge is 0.0381 e. The van der Waals surface area contributed by atoms with Crippen LogP contribution >= 0.6 is 11.6 Å². The highest BCUT2D eigenvalue weighted by Crippen LogP contribution is 2.46. The normalized spacial score (nSPS) is 44.9. The first kappa shape index (κ1) is 17.1. The molecule has 0 bridgehead atoms. The van der Waals surface area contributed by atoms with Crippen molar-refractivity contribution < 1.29 is 0 Å². The molecule has 2 N–H and O–H groups in total. The first-order valence-electron chi connectivity index (χ1n) is 10.1. The van der Waals surface area contributed by atoms with Crippen molar-refractivity contribution >= 4 is 11.6 Å². The van der Waals surface area contributed by atoms with Crippen molar-refractivity contribution in [2.45, 2.75) is 95.4 Å². The van der Waals surface area contributed by atoms with Crippen molar-refractivity contribution in [3.63, 3.8) is 0 Å². The van der Waals surface area contributed by atoms with Gasteiger partial charge in [0.15, 0.2) is 0 Å². The minimum atomic E-state index is 0.342. The summed E-state index contributed by atoms with van der Waals surface area (Å²) in [7, 11) is 0. The lowest BCUT2D eigenvalue weighted by Crippen LogP contribution is -2.44. The molecule has 2 heteroatoms. The fraction of sp³-hybridized carbons (Fsp3) is 1.00. The van der Waals surface area contributed by atoms with Crippen molar-refractivity contribution in [1.29, 1.82) is 0 Å². The molecular weight excluding hydrogens is 290 g/mol. The SMILES string of the molecule is CCC1CC(C2CCC(C3CCCCC3)CC2)C(Cl)CC1N. The summed E-state index contributed by atoms with van der Waals surface area (Å²) in [6.45, 7) is 2.30. The van der Waals surface area contributed by atoms with E-state index >= 15 is 0 Å². The quantitative estimate of drug-likeness (QED) is 0.657. The van der Waals surface area contributed by atoms with Crippen molar-refractivity contribution in [1.82, 2.24) is 0 Å². The van der Waals surface area contributed by atoms with Crippen LogP contribution in [-0.4, -0.2) is 11.4 Å². The summed E-state index contributed by atoms with van der Waals surface area (Å²) in [6.07, 6.45) is 16.9. The van der Waals surface area contributed by atoms with E-state index in [2.05, 4.69) is 6.92 Å². The maximum atomic E-state index is 6.74. The predicted molar refractivity (Wildman–Crippen MR) is 96.1 cm³/mol. The topological polar surface area (TPSA) is 26.0 Å². The molecule has 3 saturated carbocycles. The maximum absolute atomic E-state index is 6.74. The number of hydrogen-bond acceptors (Lipinski definition) is 1. The molecule has 1 nitrogen and oxygen atoms in total. The van der Waals surface area contributed by atoms with Gasteiger partial charge >= 0.3 is 0 Å². The van der Waals surface area contributed by atoms with Gasteiger partial charge in [0.25, 0.3) is 0 Å². The van der Waals surface area contributed by atoms with Gasteiger partial charge in [0.05, 0.1) is 0 Å². The molecule has 0 saturated heterocycles. The molecule has 4 unspecified atom stereocenters. The van der Waals surface area contributed by atoms with E-state index in [1.165, 1.54) is 70.6 Å². The van der Waals surface area contributed by atoms with E-state index in [9.17, 15) is 0 Å². The van der Waals surface area contributed by atoms with Crippen molar-refractivity contribution in [2.75, 3.05) is 0 Å². The number of alkyl halides is 1. The van der Waals surface area contributed by atoms with E-state index < -0.39 is 0 Å². The van der Waals surface area contributed by atoms with Crippen molar-refractivity contribution in [3.8, 4) is 0 Å². The van der Waals surface area contributed by atoms with Gasteiger partial charge in [-0.15, -0.1) is 11.6 Å². The third-order valence-corrected chi connectivity index (χ3v) is 7.91. The Hall–Kier alpha value is 0.250. The Balaban J connectivity index is 1.52. The summed E-state index contributed by atoms with van der Waals surface area (Å²) in [6, 6.07) is 0.349. The molecule has 3 rings (SSSR count). The molecule has 22 heavy (non-hydrogen) atoms. The zero-order valence-electron chi connectivity index (χ0n) is 14.5. The van der Waals surface area contributed by atoms with Crippen LogP contribution in [0.15, 0.2) is 0 Å². The Bertz CT molecular complexity index is 331. The molecule has 0 aliphatic heterocycles. The molecule has 0 aromatic rings. The van der Waals surface area contributed by atoms with Crippen LogP contribution in [0.5, 0.6) is 0 Å². The van der Waals surface area contributed by atoms with Gasteiger partial charge in [0.2, 0.25) is 0 Å². The van der Waals surface area contributed by atoms with Gasteiger partial charge in [0, 0.05) is 11.4 Å². The molecule has 0 spiro atoms. The minimum absolute atomic E-state index is 0.342. The molecule has 3 aliphatic carbocycles. The third kappa shape index (κ3) is 3.83. The summed E-state index contributed by atoms with van der Waals surface area (Å²) >= 11 is 6.74. The zero-order valence-corrected chi connectivity index (χ0v) is 15.2. The minimum Gasteiger partial charge on any atom is -0.327 e. The van der Waals surface area contributed by atoms with Crippen LogP contribution in [0.25, 0.3) is 0 Å². The fourth-order valence-electron chi connectivity index (χ4n) is 5.91. The summed E-state index contributed by atoms with van der Waals surface area (Å²) in [4.78, 5) is 0. The molecule has 128 valence electrons. The monoisotopic (exact) mass is 325 g/mol. The van der Waals surface area contributed by atoms with Crippen LogP contribution in [0.3, 0.4) is 0 Å². The van der Waals surface area contributed by atoms with E-state index in [4.69, 9.17) is 17.3 Å². The van der Waals surface area contributed by atoms with Gasteiger partial charge in [-0.2, -0.15) is 0 Å². The lowest BCUT2D eigenvalue weighted by molar-refractivity contribution is 0.103. The number of halogens is 1. The van der Waals surface area contributed by atoms with E-state index in [1.807, 2.05) is 0 Å². The van der Waals surface area contributed by atoms with Crippen LogP contribution in [0.4, 0.5) is 0 Å². The van der Waals surface area contributed by atoms with Crippen molar-refractivity contribution in [2.24, 2.45) is 35.3 Å². The van der Waals surface area contributed by atoms with Crippen LogP contribution in [0.1, 0.15) is 84.0 Å². The van der Waals surface area contributed by atoms with Crippen LogP contribution in [0, 0.1) is 29.6 Å². The molecule has 0 amide bonds. The number of hydrogen-bond donors (Lipinski definition) is 1. The molecular formula is C20H36ClN. The van der Waals surface area contributed by atoms with Gasteiger partial charge in [-0.1, -0.05) is 45.4 Å². The Morgan fingerprint density at radius 2 is 1.41 bits per heavy atom. The molecule has 4 atom stereocenters. The Labute approximate surface area is 142 Å². The molecule has 0 aromatic carbocycles. The number of nitrogens with two attached hydrogens (primary N) is 1. The second kappa shape index (κ2) is 7.88. The highest BCUT2D eigenvalue weighted by molar-refractivity contribution is 6.20. The Morgan fingerprint density at radius 3 is 2.05 bits per heavy atom. The van der Waals surface area contributed by atoms with E-state index in [0.717, 1.165) is 36.0 Å². The van der Waals surface area contributed by atoms with Gasteiger partial charge in [0.1, 0.15) is 0 Å². The van der Waals surface area contributed by atoms with Crippen LogP contribution in [0.2, 0.25) is 0 Å². The van der Waals surface area contributed by atoms with Crippen LogP contribution in [-0.2, 0) is 0 Å². The summed E-state index contributed by atoms with van der Waals surface area (Å²) < 4.78 is 0. The number of rotatable bonds is 3. The standard InChI is InChI=1S/C20H36ClN/c1-2-14-12-18(19(21)13-20(14)22)17-10-8-16(9-11-17)15-6-4-3-5-7-15/h14-20H,2-13,22H2,1H3. The van der Waals surface area contributed by atoms with Gasteiger partial charge in [-0.3, -0.25) is 0 Å². The zero-order chi connectivity index (χ0) is 15.5. The first-order chi connectivity index (χ1) is 10.7. The van der Waals surface area contributed by atoms with E-state index in [-0.39, 0.29) is 0 Å². The molecule has 3 fully saturated rings. The summed E-state index contributed by atoms with van der Waals surface area (Å²) in [5.41, 5.74) is 6.31. The summed E-state index contributed by atoms with van der Waals surface area (Å²) in [5.74, 6) is 4.46. The van der Waals surface area contributed by atoms with Gasteiger partial charge in [-0.25, -0.2) is 0 Å². The summed E-state index contributed by atoms with van der Waals surface area (Å²) in [5, 5.41) is 0.342. The highest BCUT2D eigenvalue weighted by Gasteiger charge is 2.39. The second-order valence-electron chi connectivity index (χ2n) is 8.56. The van der Waals surface area contributed by atoms with Gasteiger partial charge < -0.3 is 5.73 Å². The second-order valence-corrected chi connectivity index (χ2v) is 9.12. The van der Waals surface area contributed by atoms with Crippen LogP contribution < -0.4 is 5.73 Å². The first-order valence-corrected chi connectivity index (χ1v) is 10.5. The Kier molecular flexibility index (Phi) is 6.12. The molecule has 0 radical (unpaired) electrons. The lowest BCUT2D eigenvalue weighted by atomic mass is 9.64. The molecule has 3 aliphatic rings. The molecule has 0 aromatic heterocycles. The van der Waals surface area contributed by atoms with E-state index in [0.29, 0.717) is 11.4 Å². The maximum Gasteiger partial charge on any atom is 0.0381 e. The largest absolute Gasteiger partial charge is 0.327 e. The highest BCUT2D eigenvalue weighted by atomic mass is 35.5. The third-order valence-electron chi connectivity index (χ3n) is 7.41. The fourth-order valence-corrected chi connectivity index (χ4v) is 6.42. The van der Waals surface area contributed by atoms with Gasteiger partial charge in [-0.05, 0) is 68.1 Å². The van der Waals surface area contributed by atoms with Crippen molar-refractivity contribution in [3.05, 3.63) is 0 Å². The average molecular weight is 326 g/mol. The predicted octanol–water partition coefficient (Wildman–Crippen LogP) is 5.74. The lowest BCUT2D eigenvalue weighted by Gasteiger charge is -2.44. The average Bonchev–Trinajstić information content (AvgIpc) is 2.56.